The van der Waals surface area contributed by atoms with Crippen LogP contribution in [0.25, 0.3) is 11.1 Å². The van der Waals surface area contributed by atoms with Crippen LogP contribution in [0.3, 0.4) is 0 Å². The molecule has 1 aromatic heterocycles. The molecule has 6 heteroatoms. The summed E-state index contributed by atoms with van der Waals surface area (Å²) in [6.07, 6.45) is -3.38. The number of nitrogens with two attached hydrogens (primary N) is 1. The van der Waals surface area contributed by atoms with Gasteiger partial charge < -0.3 is 5.73 Å². The molecule has 3 nitrogen and oxygen atoms in total. The largest absolute Gasteiger partial charge is 0.433 e. The van der Waals surface area contributed by atoms with Crippen molar-refractivity contribution in [3.05, 3.63) is 47.8 Å². The lowest BCUT2D eigenvalue weighted by molar-refractivity contribution is -0.141. The Morgan fingerprint density at radius 3 is 2.42 bits per heavy atom. The number of hydrogen-bond acceptors (Lipinski definition) is 3. The van der Waals surface area contributed by atoms with Crippen LogP contribution in [0.4, 0.5) is 18.9 Å². The number of anilines is 1. The number of hydrogen-bond donors (Lipinski definition) is 1. The van der Waals surface area contributed by atoms with Crippen LogP contribution in [-0.2, 0) is 6.18 Å². The number of rotatable bonds is 1. The van der Waals surface area contributed by atoms with E-state index >= 15 is 0 Å². The van der Waals surface area contributed by atoms with E-state index in [1.807, 2.05) is 6.07 Å². The monoisotopic (exact) mass is 263 g/mol. The van der Waals surface area contributed by atoms with Crippen LogP contribution < -0.4 is 5.73 Å². The number of nitrogens with zero attached hydrogens (tertiary/aromatic N) is 2. The Hall–Kier alpha value is -2.55. The number of aromatic nitrogens is 1. The van der Waals surface area contributed by atoms with Gasteiger partial charge in [-0.2, -0.15) is 18.4 Å². The van der Waals surface area contributed by atoms with Crippen molar-refractivity contribution in [1.82, 2.24) is 4.98 Å². The van der Waals surface area contributed by atoms with Gasteiger partial charge in [-0.15, -0.1) is 0 Å². The van der Waals surface area contributed by atoms with Crippen LogP contribution in [0.2, 0.25) is 0 Å². The van der Waals surface area contributed by atoms with E-state index < -0.39 is 11.9 Å². The summed E-state index contributed by atoms with van der Waals surface area (Å²) in [7, 11) is 0. The van der Waals surface area contributed by atoms with E-state index in [4.69, 9.17) is 11.0 Å². The molecule has 0 spiro atoms. The summed E-state index contributed by atoms with van der Waals surface area (Å²) in [5.74, 6) is 0. The summed E-state index contributed by atoms with van der Waals surface area (Å²) in [5, 5.41) is 8.98. The first-order valence-corrected chi connectivity index (χ1v) is 5.25. The third-order valence-corrected chi connectivity index (χ3v) is 2.53. The Labute approximate surface area is 107 Å². The maximum Gasteiger partial charge on any atom is 0.433 e. The lowest BCUT2D eigenvalue weighted by atomic mass is 10.0. The fraction of sp³-hybridized carbons (Fsp3) is 0.0769. The first-order valence-electron chi connectivity index (χ1n) is 5.25. The standard InChI is InChI=1S/C13H8F3N3/c14-13(15,16)12-4-1-8(7-19-12)11-3-2-10(18)5-9(11)6-17/h1-5,7H,18H2. The average molecular weight is 263 g/mol. The first kappa shape index (κ1) is 12.9. The van der Waals surface area contributed by atoms with Crippen LogP contribution in [0.5, 0.6) is 0 Å². The van der Waals surface area contributed by atoms with E-state index in [1.165, 1.54) is 12.1 Å². The van der Waals surface area contributed by atoms with Crippen molar-refractivity contribution in [3.63, 3.8) is 0 Å². The molecule has 1 heterocycles. The van der Waals surface area contributed by atoms with Gasteiger partial charge in [-0.3, -0.25) is 4.98 Å². The van der Waals surface area contributed by atoms with E-state index in [0.29, 0.717) is 22.4 Å². The summed E-state index contributed by atoms with van der Waals surface area (Å²) in [4.78, 5) is 3.36. The predicted molar refractivity (Wildman–Crippen MR) is 63.8 cm³/mol. The zero-order valence-electron chi connectivity index (χ0n) is 9.57. The minimum Gasteiger partial charge on any atom is -0.399 e. The molecular weight excluding hydrogens is 255 g/mol. The summed E-state index contributed by atoms with van der Waals surface area (Å²) in [6.45, 7) is 0. The molecule has 0 aliphatic heterocycles. The highest BCUT2D eigenvalue weighted by molar-refractivity contribution is 5.72. The summed E-state index contributed by atoms with van der Waals surface area (Å²) >= 11 is 0. The van der Waals surface area contributed by atoms with Gasteiger partial charge in [-0.05, 0) is 18.2 Å². The van der Waals surface area contributed by atoms with Gasteiger partial charge in [0.2, 0.25) is 0 Å². The van der Waals surface area contributed by atoms with Crippen molar-refractivity contribution in [2.75, 3.05) is 5.73 Å². The predicted octanol–water partition coefficient (Wildman–Crippen LogP) is 3.22. The number of benzene rings is 1. The molecule has 0 radical (unpaired) electrons. The highest BCUT2D eigenvalue weighted by Crippen LogP contribution is 2.30. The lowest BCUT2D eigenvalue weighted by Crippen LogP contribution is -2.07. The van der Waals surface area contributed by atoms with Gasteiger partial charge >= 0.3 is 6.18 Å². The van der Waals surface area contributed by atoms with Crippen molar-refractivity contribution in [2.45, 2.75) is 6.18 Å². The minimum absolute atomic E-state index is 0.293. The topological polar surface area (TPSA) is 62.7 Å². The van der Waals surface area contributed by atoms with Crippen LogP contribution in [-0.4, -0.2) is 4.98 Å². The number of halogens is 3. The Morgan fingerprint density at radius 1 is 1.16 bits per heavy atom. The molecule has 2 aromatic rings. The third-order valence-electron chi connectivity index (χ3n) is 2.53. The molecule has 0 unspecified atom stereocenters. The minimum atomic E-state index is -4.47. The number of nitrogen functional groups attached to an aromatic ring is 1. The van der Waals surface area contributed by atoms with Crippen LogP contribution in [0.15, 0.2) is 36.5 Å². The van der Waals surface area contributed by atoms with E-state index in [0.717, 1.165) is 12.3 Å². The summed E-state index contributed by atoms with van der Waals surface area (Å²) < 4.78 is 37.2. The second-order valence-electron chi connectivity index (χ2n) is 3.85. The average Bonchev–Trinajstić information content (AvgIpc) is 2.37. The molecule has 19 heavy (non-hydrogen) atoms. The molecule has 2 N–H and O–H groups in total. The van der Waals surface area contributed by atoms with Crippen LogP contribution in [0, 0.1) is 11.3 Å². The Kier molecular flexibility index (Phi) is 3.13. The Balaban J connectivity index is 2.47. The van der Waals surface area contributed by atoms with Crippen LogP contribution in [0.1, 0.15) is 11.3 Å². The first-order chi connectivity index (χ1) is 8.91. The van der Waals surface area contributed by atoms with Gasteiger partial charge in [0, 0.05) is 23.0 Å². The zero-order chi connectivity index (χ0) is 14.0. The van der Waals surface area contributed by atoms with Crippen molar-refractivity contribution < 1.29 is 13.2 Å². The van der Waals surface area contributed by atoms with Crippen molar-refractivity contribution >= 4 is 5.69 Å². The molecule has 96 valence electrons. The smallest absolute Gasteiger partial charge is 0.399 e. The van der Waals surface area contributed by atoms with Crippen molar-refractivity contribution in [2.24, 2.45) is 0 Å². The van der Waals surface area contributed by atoms with Gasteiger partial charge in [0.25, 0.3) is 0 Å². The molecular formula is C13H8F3N3. The van der Waals surface area contributed by atoms with Gasteiger partial charge in [-0.25, -0.2) is 0 Å². The molecule has 0 saturated carbocycles. The van der Waals surface area contributed by atoms with Gasteiger partial charge in [0.05, 0.1) is 11.6 Å². The van der Waals surface area contributed by atoms with E-state index in [9.17, 15) is 13.2 Å². The molecule has 1 aromatic carbocycles. The molecule has 0 saturated heterocycles. The van der Waals surface area contributed by atoms with E-state index in [-0.39, 0.29) is 0 Å². The second-order valence-corrected chi connectivity index (χ2v) is 3.85. The fourth-order valence-corrected chi connectivity index (χ4v) is 1.63. The van der Waals surface area contributed by atoms with Gasteiger partial charge in [0.15, 0.2) is 0 Å². The molecule has 0 fully saturated rings. The Bertz CT molecular complexity index is 640. The molecule has 0 aliphatic rings. The summed E-state index contributed by atoms with van der Waals surface area (Å²) in [6, 6.07) is 8.74. The SMILES string of the molecule is N#Cc1cc(N)ccc1-c1ccc(C(F)(F)F)nc1. The van der Waals surface area contributed by atoms with Gasteiger partial charge in [0.1, 0.15) is 5.69 Å². The normalized spacial score (nSPS) is 11.1. The number of alkyl halides is 3. The molecule has 0 bridgehead atoms. The Morgan fingerprint density at radius 2 is 1.89 bits per heavy atom. The maximum atomic E-state index is 12.4. The molecule has 0 atom stereocenters. The molecule has 2 rings (SSSR count). The molecule has 0 aliphatic carbocycles. The highest BCUT2D eigenvalue weighted by Gasteiger charge is 2.32. The van der Waals surface area contributed by atoms with Gasteiger partial charge in [-0.1, -0.05) is 12.1 Å². The number of nitriles is 1. The zero-order valence-corrected chi connectivity index (χ0v) is 9.57. The maximum absolute atomic E-state index is 12.4. The lowest BCUT2D eigenvalue weighted by Gasteiger charge is -2.08. The van der Waals surface area contributed by atoms with E-state index in [2.05, 4.69) is 4.98 Å². The quantitative estimate of drug-likeness (QED) is 0.803. The summed E-state index contributed by atoms with van der Waals surface area (Å²) in [5.41, 5.74) is 6.22. The van der Waals surface area contributed by atoms with E-state index in [1.54, 1.807) is 12.1 Å². The van der Waals surface area contributed by atoms with Crippen LogP contribution >= 0.6 is 0 Å². The third kappa shape index (κ3) is 2.65. The fourth-order valence-electron chi connectivity index (χ4n) is 1.63. The molecule has 0 amide bonds. The van der Waals surface area contributed by atoms with Crippen molar-refractivity contribution in [1.29, 1.82) is 5.26 Å². The second kappa shape index (κ2) is 4.61. The highest BCUT2D eigenvalue weighted by atomic mass is 19.4. The number of pyridine rings is 1. The van der Waals surface area contributed by atoms with Crippen molar-refractivity contribution in [3.8, 4) is 17.2 Å².